The van der Waals surface area contributed by atoms with Crippen LogP contribution < -0.4 is 5.32 Å². The molecule has 0 saturated heterocycles. The summed E-state index contributed by atoms with van der Waals surface area (Å²) in [6, 6.07) is 1.18. The van der Waals surface area contributed by atoms with E-state index in [0.717, 1.165) is 18.3 Å². The lowest BCUT2D eigenvalue weighted by molar-refractivity contribution is 0.153. The maximum atomic E-state index is 5.27. The zero-order valence-electron chi connectivity index (χ0n) is 8.16. The van der Waals surface area contributed by atoms with Gasteiger partial charge in [-0.1, -0.05) is 12.2 Å². The van der Waals surface area contributed by atoms with E-state index in [1.54, 1.807) is 0 Å². The van der Waals surface area contributed by atoms with Crippen LogP contribution in [0.4, 0.5) is 0 Å². The van der Waals surface area contributed by atoms with Crippen LogP contribution in [0.2, 0.25) is 0 Å². The lowest BCUT2D eigenvalue weighted by Crippen LogP contribution is -2.50. The first-order chi connectivity index (χ1) is 6.31. The molecule has 70 valence electrons. The third-order valence-corrected chi connectivity index (χ3v) is 3.29. The van der Waals surface area contributed by atoms with Crippen LogP contribution in [0.15, 0.2) is 12.2 Å². The zero-order chi connectivity index (χ0) is 9.26. The van der Waals surface area contributed by atoms with Crippen molar-refractivity contribution in [1.29, 1.82) is 0 Å². The first-order valence-electron chi connectivity index (χ1n) is 5.17. The van der Waals surface area contributed by atoms with Crippen molar-refractivity contribution in [3.63, 3.8) is 0 Å². The summed E-state index contributed by atoms with van der Waals surface area (Å²) in [6.07, 6.45) is 13.4. The number of fused-ring (bicyclic) bond motifs is 1. The van der Waals surface area contributed by atoms with Gasteiger partial charge in [0.2, 0.25) is 0 Å². The van der Waals surface area contributed by atoms with E-state index >= 15 is 0 Å². The largest absolute Gasteiger partial charge is 0.310 e. The van der Waals surface area contributed by atoms with Crippen LogP contribution in [0.1, 0.15) is 26.2 Å². The molecule has 1 nitrogen and oxygen atoms in total. The summed E-state index contributed by atoms with van der Waals surface area (Å²) in [4.78, 5) is 0. The van der Waals surface area contributed by atoms with Gasteiger partial charge in [0.25, 0.3) is 0 Å². The Kier molecular flexibility index (Phi) is 2.42. The highest BCUT2D eigenvalue weighted by Crippen LogP contribution is 2.42. The normalized spacial score (nSPS) is 37.7. The molecule has 4 unspecified atom stereocenters. The van der Waals surface area contributed by atoms with Gasteiger partial charge in [0.1, 0.15) is 0 Å². The van der Waals surface area contributed by atoms with E-state index < -0.39 is 0 Å². The molecule has 0 bridgehead atoms. The summed E-state index contributed by atoms with van der Waals surface area (Å²) in [7, 11) is 0. The Morgan fingerprint density at radius 3 is 3.23 bits per heavy atom. The smallest absolute Gasteiger partial charge is 0.0238 e. The van der Waals surface area contributed by atoms with E-state index in [0.29, 0.717) is 12.1 Å². The summed E-state index contributed by atoms with van der Waals surface area (Å²) >= 11 is 0. The number of nitrogens with one attached hydrogen (secondary N) is 1. The van der Waals surface area contributed by atoms with Crippen molar-refractivity contribution in [3.05, 3.63) is 12.2 Å². The average Bonchev–Trinajstić information content (AvgIpc) is 2.43. The fraction of sp³-hybridized carbons (Fsp3) is 0.667. The lowest BCUT2D eigenvalue weighted by atomic mass is 9.71. The SMILES string of the molecule is C#CCC(C)NC1CC2CC=CC21. The second-order valence-corrected chi connectivity index (χ2v) is 4.32. The number of terminal acetylenes is 1. The highest BCUT2D eigenvalue weighted by molar-refractivity contribution is 5.13. The molecule has 2 aliphatic rings. The predicted octanol–water partition coefficient (Wildman–Crippen LogP) is 1.95. The molecule has 0 aromatic carbocycles. The molecule has 2 rings (SSSR count). The molecule has 13 heavy (non-hydrogen) atoms. The van der Waals surface area contributed by atoms with Gasteiger partial charge in [-0.2, -0.15) is 0 Å². The van der Waals surface area contributed by atoms with Crippen molar-refractivity contribution in [2.24, 2.45) is 11.8 Å². The summed E-state index contributed by atoms with van der Waals surface area (Å²) < 4.78 is 0. The first kappa shape index (κ1) is 8.84. The fourth-order valence-electron chi connectivity index (χ4n) is 2.51. The van der Waals surface area contributed by atoms with Gasteiger partial charge >= 0.3 is 0 Å². The van der Waals surface area contributed by atoms with E-state index in [-0.39, 0.29) is 0 Å². The van der Waals surface area contributed by atoms with Crippen molar-refractivity contribution < 1.29 is 0 Å². The molecule has 0 aromatic heterocycles. The Hall–Kier alpha value is -0.740. The van der Waals surface area contributed by atoms with E-state index in [2.05, 4.69) is 30.3 Å². The fourth-order valence-corrected chi connectivity index (χ4v) is 2.51. The topological polar surface area (TPSA) is 12.0 Å². The Bertz CT molecular complexity index is 248. The van der Waals surface area contributed by atoms with Gasteiger partial charge in [0.15, 0.2) is 0 Å². The number of hydrogen-bond donors (Lipinski definition) is 1. The van der Waals surface area contributed by atoms with E-state index in [4.69, 9.17) is 6.42 Å². The van der Waals surface area contributed by atoms with Gasteiger partial charge < -0.3 is 5.32 Å². The number of allylic oxidation sites excluding steroid dienone is 1. The molecule has 4 atom stereocenters. The van der Waals surface area contributed by atoms with Crippen LogP contribution in [0.5, 0.6) is 0 Å². The molecule has 0 amide bonds. The van der Waals surface area contributed by atoms with Crippen LogP contribution in [0.25, 0.3) is 0 Å². The van der Waals surface area contributed by atoms with E-state index in [1.165, 1.54) is 12.8 Å². The molecular formula is C12H17N. The van der Waals surface area contributed by atoms with E-state index in [9.17, 15) is 0 Å². The second-order valence-electron chi connectivity index (χ2n) is 4.32. The minimum absolute atomic E-state index is 0.477. The van der Waals surface area contributed by atoms with Crippen molar-refractivity contribution in [3.8, 4) is 12.3 Å². The number of hydrogen-bond acceptors (Lipinski definition) is 1. The molecule has 1 N–H and O–H groups in total. The molecule has 0 spiro atoms. The van der Waals surface area contributed by atoms with Crippen LogP contribution in [-0.4, -0.2) is 12.1 Å². The van der Waals surface area contributed by atoms with Crippen LogP contribution >= 0.6 is 0 Å². The number of rotatable bonds is 3. The van der Waals surface area contributed by atoms with Crippen molar-refractivity contribution >= 4 is 0 Å². The first-order valence-corrected chi connectivity index (χ1v) is 5.17. The van der Waals surface area contributed by atoms with Crippen molar-refractivity contribution in [2.45, 2.75) is 38.3 Å². The maximum Gasteiger partial charge on any atom is 0.0238 e. The summed E-state index contributed by atoms with van der Waals surface area (Å²) in [6.45, 7) is 2.17. The van der Waals surface area contributed by atoms with Gasteiger partial charge in [-0.15, -0.1) is 12.3 Å². The molecule has 2 aliphatic carbocycles. The van der Waals surface area contributed by atoms with Gasteiger partial charge in [0, 0.05) is 18.5 Å². The molecule has 0 heterocycles. The Balaban J connectivity index is 1.78. The standard InChI is InChI=1S/C12H17N/c1-3-5-9(2)13-12-8-10-6-4-7-11(10)12/h1,4,7,9-13H,5-6,8H2,2H3. The minimum atomic E-state index is 0.477. The van der Waals surface area contributed by atoms with Crippen LogP contribution in [-0.2, 0) is 0 Å². The molecule has 0 aliphatic heterocycles. The Morgan fingerprint density at radius 1 is 1.69 bits per heavy atom. The molecule has 0 radical (unpaired) electrons. The monoisotopic (exact) mass is 175 g/mol. The van der Waals surface area contributed by atoms with Crippen molar-refractivity contribution in [1.82, 2.24) is 5.32 Å². The molecule has 0 aromatic rings. The lowest BCUT2D eigenvalue weighted by Gasteiger charge is -2.42. The van der Waals surface area contributed by atoms with Gasteiger partial charge in [-0.25, -0.2) is 0 Å². The molecule has 1 heteroatoms. The van der Waals surface area contributed by atoms with Gasteiger partial charge in [-0.3, -0.25) is 0 Å². The van der Waals surface area contributed by atoms with E-state index in [1.807, 2.05) is 0 Å². The highest BCUT2D eigenvalue weighted by Gasteiger charge is 2.40. The summed E-state index contributed by atoms with van der Waals surface area (Å²) in [5, 5.41) is 3.59. The van der Waals surface area contributed by atoms with Crippen LogP contribution in [0, 0.1) is 24.2 Å². The quantitative estimate of drug-likeness (QED) is 0.510. The molecule has 1 fully saturated rings. The summed E-state index contributed by atoms with van der Waals surface area (Å²) in [5.74, 6) is 4.45. The van der Waals surface area contributed by atoms with Crippen molar-refractivity contribution in [2.75, 3.05) is 0 Å². The third-order valence-electron chi connectivity index (χ3n) is 3.29. The predicted molar refractivity (Wildman–Crippen MR) is 55.2 cm³/mol. The van der Waals surface area contributed by atoms with Gasteiger partial charge in [0.05, 0.1) is 0 Å². The third kappa shape index (κ3) is 1.64. The zero-order valence-corrected chi connectivity index (χ0v) is 8.16. The Labute approximate surface area is 80.6 Å². The van der Waals surface area contributed by atoms with Gasteiger partial charge in [-0.05, 0) is 31.6 Å². The summed E-state index contributed by atoms with van der Waals surface area (Å²) in [5.41, 5.74) is 0. The average molecular weight is 175 g/mol. The highest BCUT2D eigenvalue weighted by atomic mass is 15.0. The second kappa shape index (κ2) is 3.55. The molecular weight excluding hydrogens is 158 g/mol. The maximum absolute atomic E-state index is 5.27. The minimum Gasteiger partial charge on any atom is -0.310 e. The molecule has 1 saturated carbocycles. The van der Waals surface area contributed by atoms with Crippen LogP contribution in [0.3, 0.4) is 0 Å². The Morgan fingerprint density at radius 2 is 2.54 bits per heavy atom.